The molecule has 0 bridgehead atoms. The summed E-state index contributed by atoms with van der Waals surface area (Å²) in [5, 5.41) is 0. The zero-order valence-corrected chi connectivity index (χ0v) is 10.8. The Bertz CT molecular complexity index is 298. The Hall–Kier alpha value is -1.22. The standard InChI is InChI=1S/C14H23NO2/c1-3-12(15)6-5-11-17-14-9-7-13(8-10-14)16-4-2/h7-10,12H,3-6,11,15H2,1-2H3. The molecule has 0 aliphatic rings. The summed E-state index contributed by atoms with van der Waals surface area (Å²) in [5.74, 6) is 1.77. The highest BCUT2D eigenvalue weighted by molar-refractivity contribution is 5.31. The van der Waals surface area contributed by atoms with E-state index in [1.54, 1.807) is 0 Å². The van der Waals surface area contributed by atoms with Gasteiger partial charge in [-0.05, 0) is 50.5 Å². The second-order valence-corrected chi connectivity index (χ2v) is 4.06. The van der Waals surface area contributed by atoms with Crippen LogP contribution in [-0.2, 0) is 0 Å². The van der Waals surface area contributed by atoms with E-state index in [0.717, 1.165) is 37.4 Å². The van der Waals surface area contributed by atoms with Gasteiger partial charge < -0.3 is 15.2 Å². The molecule has 3 heteroatoms. The van der Waals surface area contributed by atoms with Crippen molar-refractivity contribution in [2.75, 3.05) is 13.2 Å². The van der Waals surface area contributed by atoms with E-state index >= 15 is 0 Å². The van der Waals surface area contributed by atoms with Crippen LogP contribution in [0.15, 0.2) is 24.3 Å². The van der Waals surface area contributed by atoms with Crippen LogP contribution in [0.2, 0.25) is 0 Å². The van der Waals surface area contributed by atoms with Crippen molar-refractivity contribution in [3.05, 3.63) is 24.3 Å². The summed E-state index contributed by atoms with van der Waals surface area (Å²) >= 11 is 0. The topological polar surface area (TPSA) is 44.5 Å². The van der Waals surface area contributed by atoms with Crippen molar-refractivity contribution in [2.24, 2.45) is 5.73 Å². The summed E-state index contributed by atoms with van der Waals surface area (Å²) in [7, 11) is 0. The van der Waals surface area contributed by atoms with Crippen molar-refractivity contribution in [1.82, 2.24) is 0 Å². The summed E-state index contributed by atoms with van der Waals surface area (Å²) in [6.45, 7) is 5.50. The van der Waals surface area contributed by atoms with Gasteiger partial charge in [-0.15, -0.1) is 0 Å². The van der Waals surface area contributed by atoms with Gasteiger partial charge in [-0.25, -0.2) is 0 Å². The van der Waals surface area contributed by atoms with E-state index in [1.165, 1.54) is 0 Å². The summed E-state index contributed by atoms with van der Waals surface area (Å²) in [5.41, 5.74) is 5.83. The molecule has 1 aromatic rings. The number of nitrogens with two attached hydrogens (primary N) is 1. The van der Waals surface area contributed by atoms with Gasteiger partial charge in [-0.2, -0.15) is 0 Å². The summed E-state index contributed by atoms with van der Waals surface area (Å²) in [4.78, 5) is 0. The number of hydrogen-bond acceptors (Lipinski definition) is 3. The Morgan fingerprint density at radius 1 is 1.06 bits per heavy atom. The van der Waals surface area contributed by atoms with E-state index < -0.39 is 0 Å². The first-order chi connectivity index (χ1) is 8.26. The first-order valence-corrected chi connectivity index (χ1v) is 6.37. The molecule has 0 saturated heterocycles. The molecule has 0 aliphatic heterocycles. The van der Waals surface area contributed by atoms with Gasteiger partial charge in [0.25, 0.3) is 0 Å². The SMILES string of the molecule is CCOc1ccc(OCCCC(N)CC)cc1. The van der Waals surface area contributed by atoms with Crippen LogP contribution in [-0.4, -0.2) is 19.3 Å². The minimum Gasteiger partial charge on any atom is -0.494 e. The Morgan fingerprint density at radius 2 is 1.65 bits per heavy atom. The van der Waals surface area contributed by atoms with E-state index in [4.69, 9.17) is 15.2 Å². The van der Waals surface area contributed by atoms with Crippen LogP contribution in [0.3, 0.4) is 0 Å². The number of rotatable bonds is 8. The normalized spacial score (nSPS) is 12.2. The molecule has 17 heavy (non-hydrogen) atoms. The highest BCUT2D eigenvalue weighted by Gasteiger charge is 1.99. The quantitative estimate of drug-likeness (QED) is 0.707. The highest BCUT2D eigenvalue weighted by Crippen LogP contribution is 2.17. The molecule has 1 rings (SSSR count). The molecular formula is C14H23NO2. The lowest BCUT2D eigenvalue weighted by Gasteiger charge is -2.10. The van der Waals surface area contributed by atoms with Gasteiger partial charge in [0.1, 0.15) is 11.5 Å². The fourth-order valence-corrected chi connectivity index (χ4v) is 1.54. The lowest BCUT2D eigenvalue weighted by Crippen LogP contribution is -2.19. The average Bonchev–Trinajstić information content (AvgIpc) is 2.36. The molecule has 1 atom stereocenters. The lowest BCUT2D eigenvalue weighted by atomic mass is 10.1. The van der Waals surface area contributed by atoms with Gasteiger partial charge >= 0.3 is 0 Å². The highest BCUT2D eigenvalue weighted by atomic mass is 16.5. The molecular weight excluding hydrogens is 214 g/mol. The van der Waals surface area contributed by atoms with Gasteiger partial charge in [0.2, 0.25) is 0 Å². The molecule has 0 radical (unpaired) electrons. The van der Waals surface area contributed by atoms with Gasteiger partial charge in [-0.3, -0.25) is 0 Å². The fourth-order valence-electron chi connectivity index (χ4n) is 1.54. The van der Waals surface area contributed by atoms with Gasteiger partial charge in [0.05, 0.1) is 13.2 Å². The van der Waals surface area contributed by atoms with E-state index in [2.05, 4.69) is 6.92 Å². The van der Waals surface area contributed by atoms with Gasteiger partial charge in [0.15, 0.2) is 0 Å². The number of benzene rings is 1. The molecule has 0 heterocycles. The second-order valence-electron chi connectivity index (χ2n) is 4.06. The van der Waals surface area contributed by atoms with Crippen LogP contribution in [0.1, 0.15) is 33.1 Å². The van der Waals surface area contributed by atoms with Crippen LogP contribution in [0, 0.1) is 0 Å². The summed E-state index contributed by atoms with van der Waals surface area (Å²) in [6, 6.07) is 8.03. The van der Waals surface area contributed by atoms with Crippen LogP contribution >= 0.6 is 0 Å². The molecule has 0 spiro atoms. The molecule has 1 aromatic carbocycles. The lowest BCUT2D eigenvalue weighted by molar-refractivity contribution is 0.299. The number of ether oxygens (including phenoxy) is 2. The predicted octanol–water partition coefficient (Wildman–Crippen LogP) is 2.98. The van der Waals surface area contributed by atoms with Crippen molar-refractivity contribution in [2.45, 2.75) is 39.2 Å². The third kappa shape index (κ3) is 5.59. The predicted molar refractivity (Wildman–Crippen MR) is 70.6 cm³/mol. The van der Waals surface area contributed by atoms with Gasteiger partial charge in [-0.1, -0.05) is 6.92 Å². The van der Waals surface area contributed by atoms with E-state index in [0.29, 0.717) is 12.6 Å². The third-order valence-electron chi connectivity index (χ3n) is 2.65. The van der Waals surface area contributed by atoms with Crippen LogP contribution in [0.5, 0.6) is 11.5 Å². The molecule has 0 aliphatic carbocycles. The Kier molecular flexibility index (Phi) is 6.48. The van der Waals surface area contributed by atoms with Crippen molar-refractivity contribution in [3.8, 4) is 11.5 Å². The van der Waals surface area contributed by atoms with Crippen molar-refractivity contribution in [1.29, 1.82) is 0 Å². The molecule has 0 aromatic heterocycles. The maximum absolute atomic E-state index is 5.83. The minimum atomic E-state index is 0.305. The summed E-state index contributed by atoms with van der Waals surface area (Å²) < 4.78 is 11.0. The maximum Gasteiger partial charge on any atom is 0.119 e. The second kappa shape index (κ2) is 7.96. The smallest absolute Gasteiger partial charge is 0.119 e. The molecule has 3 nitrogen and oxygen atoms in total. The first kappa shape index (κ1) is 13.8. The van der Waals surface area contributed by atoms with Crippen LogP contribution < -0.4 is 15.2 Å². The molecule has 0 amide bonds. The maximum atomic E-state index is 5.83. The van der Waals surface area contributed by atoms with Crippen molar-refractivity contribution in [3.63, 3.8) is 0 Å². The molecule has 2 N–H and O–H groups in total. The molecule has 0 fully saturated rings. The third-order valence-corrected chi connectivity index (χ3v) is 2.65. The van der Waals surface area contributed by atoms with Crippen LogP contribution in [0.4, 0.5) is 0 Å². The Morgan fingerprint density at radius 3 is 2.18 bits per heavy atom. The van der Waals surface area contributed by atoms with Crippen LogP contribution in [0.25, 0.3) is 0 Å². The van der Waals surface area contributed by atoms with Crippen molar-refractivity contribution < 1.29 is 9.47 Å². The van der Waals surface area contributed by atoms with E-state index in [-0.39, 0.29) is 0 Å². The number of hydrogen-bond donors (Lipinski definition) is 1. The largest absolute Gasteiger partial charge is 0.494 e. The van der Waals surface area contributed by atoms with Gasteiger partial charge in [0, 0.05) is 6.04 Å². The zero-order valence-electron chi connectivity index (χ0n) is 10.8. The molecule has 1 unspecified atom stereocenters. The first-order valence-electron chi connectivity index (χ1n) is 6.37. The monoisotopic (exact) mass is 237 g/mol. The summed E-state index contributed by atoms with van der Waals surface area (Å²) in [6.07, 6.45) is 3.05. The fraction of sp³-hybridized carbons (Fsp3) is 0.571. The minimum absolute atomic E-state index is 0.305. The van der Waals surface area contributed by atoms with E-state index in [1.807, 2.05) is 31.2 Å². The molecule has 96 valence electrons. The zero-order chi connectivity index (χ0) is 12.5. The van der Waals surface area contributed by atoms with Crippen molar-refractivity contribution >= 4 is 0 Å². The molecule has 0 saturated carbocycles. The Balaban J connectivity index is 2.23. The van der Waals surface area contributed by atoms with E-state index in [9.17, 15) is 0 Å². The average molecular weight is 237 g/mol. The Labute approximate surface area is 104 Å².